The zero-order chi connectivity index (χ0) is 11.3. The number of rotatable bonds is 5. The third-order valence-electron chi connectivity index (χ3n) is 2.63. The summed E-state index contributed by atoms with van der Waals surface area (Å²) in [6.45, 7) is 4.24. The number of ether oxygens (including phenoxy) is 1. The molecule has 0 saturated carbocycles. The molecule has 1 atom stereocenters. The van der Waals surface area contributed by atoms with Crippen LogP contribution in [0.5, 0.6) is 5.75 Å². The highest BCUT2D eigenvalue weighted by molar-refractivity contribution is 5.36. The van der Waals surface area contributed by atoms with Gasteiger partial charge in [0.2, 0.25) is 0 Å². The van der Waals surface area contributed by atoms with Crippen LogP contribution in [0.2, 0.25) is 0 Å². The van der Waals surface area contributed by atoms with Gasteiger partial charge in [-0.2, -0.15) is 0 Å². The summed E-state index contributed by atoms with van der Waals surface area (Å²) in [5, 5.41) is 0. The Kier molecular flexibility index (Phi) is 4.59. The van der Waals surface area contributed by atoms with Gasteiger partial charge in [-0.25, -0.2) is 0 Å². The maximum atomic E-state index is 5.55. The van der Waals surface area contributed by atoms with E-state index in [0.717, 1.165) is 18.6 Å². The van der Waals surface area contributed by atoms with Crippen molar-refractivity contribution in [1.29, 1.82) is 0 Å². The normalized spacial score (nSPS) is 12.5. The van der Waals surface area contributed by atoms with Crippen molar-refractivity contribution < 1.29 is 4.74 Å². The molecule has 1 unspecified atom stereocenters. The first-order valence-corrected chi connectivity index (χ1v) is 5.33. The van der Waals surface area contributed by atoms with Gasteiger partial charge in [0.25, 0.3) is 0 Å². The molecule has 84 valence electrons. The summed E-state index contributed by atoms with van der Waals surface area (Å²) in [7, 11) is 1.68. The van der Waals surface area contributed by atoms with Crippen LogP contribution in [0.1, 0.15) is 36.9 Å². The molecule has 1 aromatic carbocycles. The lowest BCUT2D eigenvalue weighted by atomic mass is 9.98. The van der Waals surface area contributed by atoms with Crippen molar-refractivity contribution >= 4 is 0 Å². The molecule has 0 heterocycles. The molecule has 0 bridgehead atoms. The largest absolute Gasteiger partial charge is 0.497 e. The van der Waals surface area contributed by atoms with Gasteiger partial charge in [0.15, 0.2) is 0 Å². The molecule has 3 nitrogen and oxygen atoms in total. The lowest BCUT2D eigenvalue weighted by Gasteiger charge is -2.18. The summed E-state index contributed by atoms with van der Waals surface area (Å²) in [6, 6.07) is 6.33. The maximum absolute atomic E-state index is 5.55. The predicted octanol–water partition coefficient (Wildman–Crippen LogP) is 2.31. The molecule has 0 aliphatic heterocycles. The number of aryl methyl sites for hydroxylation is 1. The van der Waals surface area contributed by atoms with Crippen molar-refractivity contribution in [2.75, 3.05) is 7.11 Å². The summed E-state index contributed by atoms with van der Waals surface area (Å²) in [5.41, 5.74) is 5.32. The van der Waals surface area contributed by atoms with Crippen LogP contribution >= 0.6 is 0 Å². The SMILES string of the molecule is CCCC(NN)c1ccc(OC)cc1C. The third kappa shape index (κ3) is 2.94. The molecule has 15 heavy (non-hydrogen) atoms. The summed E-state index contributed by atoms with van der Waals surface area (Å²) in [6.07, 6.45) is 2.16. The van der Waals surface area contributed by atoms with Crippen molar-refractivity contribution in [1.82, 2.24) is 5.43 Å². The van der Waals surface area contributed by atoms with E-state index in [2.05, 4.69) is 25.3 Å². The lowest BCUT2D eigenvalue weighted by Crippen LogP contribution is -2.28. The Hall–Kier alpha value is -1.06. The van der Waals surface area contributed by atoms with Crippen molar-refractivity contribution in [2.45, 2.75) is 32.7 Å². The van der Waals surface area contributed by atoms with E-state index in [-0.39, 0.29) is 6.04 Å². The first-order chi connectivity index (χ1) is 7.22. The Morgan fingerprint density at radius 3 is 2.67 bits per heavy atom. The van der Waals surface area contributed by atoms with Gasteiger partial charge in [-0.1, -0.05) is 19.4 Å². The van der Waals surface area contributed by atoms with Gasteiger partial charge in [-0.15, -0.1) is 0 Å². The fraction of sp³-hybridized carbons (Fsp3) is 0.500. The van der Waals surface area contributed by atoms with Crippen LogP contribution in [-0.2, 0) is 0 Å². The Bertz CT molecular complexity index is 312. The zero-order valence-corrected chi connectivity index (χ0v) is 9.71. The number of methoxy groups -OCH3 is 1. The van der Waals surface area contributed by atoms with E-state index >= 15 is 0 Å². The molecule has 0 spiro atoms. The molecule has 3 N–H and O–H groups in total. The van der Waals surface area contributed by atoms with Gasteiger partial charge in [-0.3, -0.25) is 11.3 Å². The zero-order valence-electron chi connectivity index (χ0n) is 9.71. The molecule has 3 heteroatoms. The van der Waals surface area contributed by atoms with E-state index in [1.807, 2.05) is 12.1 Å². The van der Waals surface area contributed by atoms with Crippen molar-refractivity contribution in [3.63, 3.8) is 0 Å². The van der Waals surface area contributed by atoms with Crippen LogP contribution in [0.4, 0.5) is 0 Å². The second kappa shape index (κ2) is 5.73. The van der Waals surface area contributed by atoms with E-state index in [1.165, 1.54) is 11.1 Å². The standard InChI is InChI=1S/C12H20N2O/c1-4-5-12(14-13)11-7-6-10(15-3)8-9(11)2/h6-8,12,14H,4-5,13H2,1-3H3. The molecular formula is C12H20N2O. The minimum absolute atomic E-state index is 0.237. The maximum Gasteiger partial charge on any atom is 0.119 e. The average molecular weight is 208 g/mol. The second-order valence-electron chi connectivity index (χ2n) is 3.73. The average Bonchev–Trinajstić information content (AvgIpc) is 2.26. The molecule has 0 fully saturated rings. The van der Waals surface area contributed by atoms with Gasteiger partial charge < -0.3 is 4.74 Å². The van der Waals surface area contributed by atoms with Gasteiger partial charge in [0, 0.05) is 6.04 Å². The Morgan fingerprint density at radius 2 is 2.20 bits per heavy atom. The van der Waals surface area contributed by atoms with Crippen LogP contribution < -0.4 is 16.0 Å². The number of benzene rings is 1. The third-order valence-corrected chi connectivity index (χ3v) is 2.63. The number of nitrogens with one attached hydrogen (secondary N) is 1. The minimum atomic E-state index is 0.237. The van der Waals surface area contributed by atoms with E-state index < -0.39 is 0 Å². The van der Waals surface area contributed by atoms with Crippen LogP contribution in [0.25, 0.3) is 0 Å². The monoisotopic (exact) mass is 208 g/mol. The number of hydrogen-bond acceptors (Lipinski definition) is 3. The first-order valence-electron chi connectivity index (χ1n) is 5.33. The fourth-order valence-corrected chi connectivity index (χ4v) is 1.78. The molecule has 0 aliphatic rings. The van der Waals surface area contributed by atoms with Crippen molar-refractivity contribution in [3.8, 4) is 5.75 Å². The van der Waals surface area contributed by atoms with Crippen LogP contribution in [0.15, 0.2) is 18.2 Å². The highest BCUT2D eigenvalue weighted by Crippen LogP contribution is 2.24. The van der Waals surface area contributed by atoms with Gasteiger partial charge in [0.05, 0.1) is 7.11 Å². The topological polar surface area (TPSA) is 47.3 Å². The predicted molar refractivity (Wildman–Crippen MR) is 62.7 cm³/mol. The summed E-state index contributed by atoms with van der Waals surface area (Å²) >= 11 is 0. The van der Waals surface area contributed by atoms with Gasteiger partial charge >= 0.3 is 0 Å². The smallest absolute Gasteiger partial charge is 0.119 e. The van der Waals surface area contributed by atoms with Crippen molar-refractivity contribution in [3.05, 3.63) is 29.3 Å². The molecule has 0 amide bonds. The fourth-order valence-electron chi connectivity index (χ4n) is 1.78. The first kappa shape index (κ1) is 12.0. The molecule has 1 rings (SSSR count). The van der Waals surface area contributed by atoms with Crippen LogP contribution in [0.3, 0.4) is 0 Å². The summed E-state index contributed by atoms with van der Waals surface area (Å²) < 4.78 is 5.17. The van der Waals surface area contributed by atoms with Crippen LogP contribution in [-0.4, -0.2) is 7.11 Å². The van der Waals surface area contributed by atoms with Crippen molar-refractivity contribution in [2.24, 2.45) is 5.84 Å². The number of nitrogens with two attached hydrogens (primary N) is 1. The Morgan fingerprint density at radius 1 is 1.47 bits per heavy atom. The number of hydrazine groups is 1. The van der Waals surface area contributed by atoms with Gasteiger partial charge in [0.1, 0.15) is 5.75 Å². The van der Waals surface area contributed by atoms with E-state index in [1.54, 1.807) is 7.11 Å². The molecule has 0 radical (unpaired) electrons. The van der Waals surface area contributed by atoms with E-state index in [0.29, 0.717) is 0 Å². The number of hydrogen-bond donors (Lipinski definition) is 2. The summed E-state index contributed by atoms with van der Waals surface area (Å²) in [4.78, 5) is 0. The summed E-state index contributed by atoms with van der Waals surface area (Å²) in [5.74, 6) is 6.44. The molecule has 0 saturated heterocycles. The Labute approximate surface area is 91.6 Å². The highest BCUT2D eigenvalue weighted by atomic mass is 16.5. The highest BCUT2D eigenvalue weighted by Gasteiger charge is 2.11. The van der Waals surface area contributed by atoms with E-state index in [9.17, 15) is 0 Å². The second-order valence-corrected chi connectivity index (χ2v) is 3.73. The molecule has 0 aliphatic carbocycles. The quantitative estimate of drug-likeness (QED) is 0.576. The van der Waals surface area contributed by atoms with Crippen LogP contribution in [0, 0.1) is 6.92 Å². The van der Waals surface area contributed by atoms with E-state index in [4.69, 9.17) is 10.6 Å². The molecule has 1 aromatic rings. The van der Waals surface area contributed by atoms with Gasteiger partial charge in [-0.05, 0) is 36.6 Å². The molecule has 0 aromatic heterocycles. The lowest BCUT2D eigenvalue weighted by molar-refractivity contribution is 0.413. The minimum Gasteiger partial charge on any atom is -0.497 e. The molecular weight excluding hydrogens is 188 g/mol. The Balaban J connectivity index is 2.92.